The van der Waals surface area contributed by atoms with Gasteiger partial charge in [0.2, 0.25) is 5.91 Å². The molecular formula is C20H17N3O5. The SMILES string of the molecule is COc1cccc2cc(-c3nnc(NC(=O)CCOc4ccccc4)o3)oc12. The van der Waals surface area contributed by atoms with E-state index in [1.54, 1.807) is 19.2 Å². The number of para-hydroxylation sites is 2. The summed E-state index contributed by atoms with van der Waals surface area (Å²) in [7, 11) is 1.57. The molecular weight excluding hydrogens is 362 g/mol. The number of carbonyl (C=O) groups is 1. The first kappa shape index (κ1) is 17.6. The summed E-state index contributed by atoms with van der Waals surface area (Å²) in [6.45, 7) is 0.236. The van der Waals surface area contributed by atoms with Gasteiger partial charge in [0.1, 0.15) is 5.75 Å². The standard InChI is InChI=1S/C20H17N3O5/c1-25-15-9-5-6-13-12-16(27-18(13)15)19-22-23-20(28-19)21-17(24)10-11-26-14-7-3-2-4-8-14/h2-9,12H,10-11H2,1H3,(H,21,23,24). The molecule has 0 aliphatic carbocycles. The van der Waals surface area contributed by atoms with Gasteiger partial charge in [-0.2, -0.15) is 0 Å². The number of fused-ring (bicyclic) bond motifs is 1. The predicted molar refractivity (Wildman–Crippen MR) is 101 cm³/mol. The molecule has 2 aromatic carbocycles. The second-order valence-corrected chi connectivity index (χ2v) is 5.86. The molecule has 28 heavy (non-hydrogen) atoms. The van der Waals surface area contributed by atoms with Gasteiger partial charge < -0.3 is 18.3 Å². The Balaban J connectivity index is 1.38. The number of amides is 1. The van der Waals surface area contributed by atoms with Crippen LogP contribution in [0.15, 0.2) is 63.4 Å². The van der Waals surface area contributed by atoms with E-state index in [2.05, 4.69) is 15.5 Å². The zero-order valence-corrected chi connectivity index (χ0v) is 15.0. The molecule has 0 saturated carbocycles. The van der Waals surface area contributed by atoms with E-state index in [0.717, 1.165) is 5.39 Å². The van der Waals surface area contributed by atoms with E-state index in [0.29, 0.717) is 22.8 Å². The van der Waals surface area contributed by atoms with Crippen molar-refractivity contribution in [1.29, 1.82) is 0 Å². The van der Waals surface area contributed by atoms with Crippen LogP contribution in [0.2, 0.25) is 0 Å². The van der Waals surface area contributed by atoms with Crippen LogP contribution in [0.5, 0.6) is 11.5 Å². The molecule has 0 fully saturated rings. The van der Waals surface area contributed by atoms with E-state index in [9.17, 15) is 4.79 Å². The minimum Gasteiger partial charge on any atom is -0.493 e. The van der Waals surface area contributed by atoms with Gasteiger partial charge >= 0.3 is 6.01 Å². The zero-order chi connectivity index (χ0) is 19.3. The van der Waals surface area contributed by atoms with E-state index in [1.807, 2.05) is 42.5 Å². The highest BCUT2D eigenvalue weighted by Crippen LogP contribution is 2.33. The smallest absolute Gasteiger partial charge is 0.322 e. The van der Waals surface area contributed by atoms with Crippen molar-refractivity contribution in [3.8, 4) is 23.1 Å². The van der Waals surface area contributed by atoms with Gasteiger partial charge in [0, 0.05) is 5.39 Å². The van der Waals surface area contributed by atoms with E-state index in [-0.39, 0.29) is 30.8 Å². The molecule has 0 aliphatic heterocycles. The van der Waals surface area contributed by atoms with Crippen LogP contribution >= 0.6 is 0 Å². The van der Waals surface area contributed by atoms with Gasteiger partial charge in [-0.25, -0.2) is 0 Å². The van der Waals surface area contributed by atoms with Gasteiger partial charge in [0.25, 0.3) is 5.89 Å². The van der Waals surface area contributed by atoms with Crippen LogP contribution in [0.3, 0.4) is 0 Å². The molecule has 0 aliphatic rings. The molecule has 2 aromatic heterocycles. The Hall–Kier alpha value is -3.81. The lowest BCUT2D eigenvalue weighted by molar-refractivity contribution is -0.116. The Labute approximate surface area is 160 Å². The lowest BCUT2D eigenvalue weighted by Crippen LogP contribution is -2.15. The maximum absolute atomic E-state index is 12.0. The number of carbonyl (C=O) groups excluding carboxylic acids is 1. The minimum atomic E-state index is -0.294. The molecule has 1 N–H and O–H groups in total. The summed E-state index contributed by atoms with van der Waals surface area (Å²) < 4.78 is 22.0. The van der Waals surface area contributed by atoms with E-state index in [4.69, 9.17) is 18.3 Å². The van der Waals surface area contributed by atoms with E-state index < -0.39 is 0 Å². The van der Waals surface area contributed by atoms with Crippen molar-refractivity contribution < 1.29 is 23.1 Å². The third-order valence-corrected chi connectivity index (χ3v) is 3.95. The number of hydrogen-bond acceptors (Lipinski definition) is 7. The Morgan fingerprint density at radius 1 is 1.07 bits per heavy atom. The topological polar surface area (TPSA) is 99.6 Å². The summed E-state index contributed by atoms with van der Waals surface area (Å²) in [6.07, 6.45) is 0.147. The largest absolute Gasteiger partial charge is 0.493 e. The lowest BCUT2D eigenvalue weighted by Gasteiger charge is -2.04. The fourth-order valence-electron chi connectivity index (χ4n) is 2.64. The number of ether oxygens (including phenoxy) is 2. The first-order chi connectivity index (χ1) is 13.7. The van der Waals surface area contributed by atoms with Gasteiger partial charge in [-0.05, 0) is 24.3 Å². The number of anilines is 1. The molecule has 1 amide bonds. The van der Waals surface area contributed by atoms with Gasteiger partial charge in [-0.15, -0.1) is 5.10 Å². The minimum absolute atomic E-state index is 0.00728. The number of nitrogens with one attached hydrogen (secondary N) is 1. The molecule has 4 rings (SSSR count). The first-order valence-corrected chi connectivity index (χ1v) is 8.61. The first-order valence-electron chi connectivity index (χ1n) is 8.61. The second kappa shape index (κ2) is 7.83. The summed E-state index contributed by atoms with van der Waals surface area (Å²) in [4.78, 5) is 12.0. The molecule has 0 unspecified atom stereocenters. The van der Waals surface area contributed by atoms with Crippen molar-refractivity contribution in [2.45, 2.75) is 6.42 Å². The van der Waals surface area contributed by atoms with Crippen molar-refractivity contribution in [3.05, 3.63) is 54.6 Å². The molecule has 8 nitrogen and oxygen atoms in total. The summed E-state index contributed by atoms with van der Waals surface area (Å²) in [5.41, 5.74) is 0.585. The van der Waals surface area contributed by atoms with Crippen molar-refractivity contribution in [3.63, 3.8) is 0 Å². The van der Waals surface area contributed by atoms with Crippen molar-refractivity contribution in [2.24, 2.45) is 0 Å². The van der Waals surface area contributed by atoms with E-state index >= 15 is 0 Å². The van der Waals surface area contributed by atoms with Gasteiger partial charge in [-0.3, -0.25) is 10.1 Å². The van der Waals surface area contributed by atoms with E-state index in [1.165, 1.54) is 0 Å². The Bertz CT molecular complexity index is 1090. The number of furan rings is 1. The quantitative estimate of drug-likeness (QED) is 0.520. The van der Waals surface area contributed by atoms with Gasteiger partial charge in [0.05, 0.1) is 20.1 Å². The van der Waals surface area contributed by atoms with Crippen LogP contribution in [0.25, 0.3) is 22.6 Å². The van der Waals surface area contributed by atoms with Crippen LogP contribution in [-0.2, 0) is 4.79 Å². The highest BCUT2D eigenvalue weighted by atomic mass is 16.5. The predicted octanol–water partition coefficient (Wildman–Crippen LogP) is 3.90. The highest BCUT2D eigenvalue weighted by Gasteiger charge is 2.16. The molecule has 2 heterocycles. The summed E-state index contributed by atoms with van der Waals surface area (Å²) in [5.74, 6) is 1.57. The fraction of sp³-hybridized carbons (Fsp3) is 0.150. The molecule has 4 aromatic rings. The average molecular weight is 379 g/mol. The number of rotatable bonds is 7. The number of benzene rings is 2. The lowest BCUT2D eigenvalue weighted by atomic mass is 10.2. The average Bonchev–Trinajstić information content (AvgIpc) is 3.35. The monoisotopic (exact) mass is 379 g/mol. The molecule has 0 bridgehead atoms. The Kier molecular flexibility index (Phi) is 4.92. The van der Waals surface area contributed by atoms with Crippen molar-refractivity contribution in [1.82, 2.24) is 10.2 Å². The third-order valence-electron chi connectivity index (χ3n) is 3.95. The highest BCUT2D eigenvalue weighted by molar-refractivity contribution is 5.89. The number of hydrogen-bond donors (Lipinski definition) is 1. The zero-order valence-electron chi connectivity index (χ0n) is 15.0. The van der Waals surface area contributed by atoms with Gasteiger partial charge in [0.15, 0.2) is 17.1 Å². The maximum atomic E-state index is 12.0. The normalized spacial score (nSPS) is 10.8. The van der Waals surface area contributed by atoms with Crippen LogP contribution in [0.4, 0.5) is 6.01 Å². The summed E-state index contributed by atoms with van der Waals surface area (Å²) >= 11 is 0. The molecule has 142 valence electrons. The van der Waals surface area contributed by atoms with Crippen LogP contribution in [0, 0.1) is 0 Å². The molecule has 8 heteroatoms. The van der Waals surface area contributed by atoms with Crippen LogP contribution < -0.4 is 14.8 Å². The number of methoxy groups -OCH3 is 1. The Morgan fingerprint density at radius 2 is 1.93 bits per heavy atom. The molecule has 0 radical (unpaired) electrons. The molecule has 0 atom stereocenters. The Morgan fingerprint density at radius 3 is 2.75 bits per heavy atom. The molecule has 0 spiro atoms. The van der Waals surface area contributed by atoms with Crippen molar-refractivity contribution >= 4 is 22.9 Å². The van der Waals surface area contributed by atoms with Crippen LogP contribution in [-0.4, -0.2) is 29.8 Å². The summed E-state index contributed by atoms with van der Waals surface area (Å²) in [5, 5.41) is 11.1. The van der Waals surface area contributed by atoms with Gasteiger partial charge in [-0.1, -0.05) is 35.4 Å². The fourth-order valence-corrected chi connectivity index (χ4v) is 2.64. The summed E-state index contributed by atoms with van der Waals surface area (Å²) in [6, 6.07) is 16.6. The van der Waals surface area contributed by atoms with Crippen molar-refractivity contribution in [2.75, 3.05) is 19.0 Å². The number of nitrogens with zero attached hydrogens (tertiary/aromatic N) is 2. The molecule has 0 saturated heterocycles. The maximum Gasteiger partial charge on any atom is 0.322 e. The number of aromatic nitrogens is 2. The second-order valence-electron chi connectivity index (χ2n) is 5.86. The third kappa shape index (κ3) is 3.80. The van der Waals surface area contributed by atoms with Crippen LogP contribution in [0.1, 0.15) is 6.42 Å².